The summed E-state index contributed by atoms with van der Waals surface area (Å²) in [4.78, 5) is 11.0. The van der Waals surface area contributed by atoms with Crippen LogP contribution in [0.1, 0.15) is 50.7 Å². The molecule has 1 aliphatic rings. The van der Waals surface area contributed by atoms with Crippen LogP contribution in [0.4, 0.5) is 0 Å². The highest BCUT2D eigenvalue weighted by atomic mass is 16.5. The summed E-state index contributed by atoms with van der Waals surface area (Å²) in [5, 5.41) is 0. The third-order valence-corrected chi connectivity index (χ3v) is 3.79. The van der Waals surface area contributed by atoms with Crippen LogP contribution in [0.2, 0.25) is 0 Å². The second-order valence-electron chi connectivity index (χ2n) is 4.84. The van der Waals surface area contributed by atoms with E-state index >= 15 is 0 Å². The monoisotopic (exact) mass is 232 g/mol. The van der Waals surface area contributed by atoms with E-state index in [1.807, 2.05) is 6.07 Å². The summed E-state index contributed by atoms with van der Waals surface area (Å²) in [5.74, 6) is 1.82. The van der Waals surface area contributed by atoms with Crippen molar-refractivity contribution < 1.29 is 9.53 Å². The zero-order chi connectivity index (χ0) is 12.4. The third kappa shape index (κ3) is 2.36. The van der Waals surface area contributed by atoms with E-state index < -0.39 is 0 Å². The van der Waals surface area contributed by atoms with E-state index in [9.17, 15) is 4.79 Å². The fourth-order valence-electron chi connectivity index (χ4n) is 2.99. The SMILES string of the molecule is CCC1Cc2ccc(OC(C)=O)cc2C1CC. The summed E-state index contributed by atoms with van der Waals surface area (Å²) in [7, 11) is 0. The first-order valence-corrected chi connectivity index (χ1v) is 6.46. The van der Waals surface area contributed by atoms with Crippen molar-refractivity contribution in [2.24, 2.45) is 5.92 Å². The van der Waals surface area contributed by atoms with Crippen molar-refractivity contribution in [3.05, 3.63) is 29.3 Å². The van der Waals surface area contributed by atoms with Crippen LogP contribution in [0, 0.1) is 5.92 Å². The molecule has 0 amide bonds. The molecule has 2 atom stereocenters. The Labute approximate surface area is 103 Å². The van der Waals surface area contributed by atoms with Gasteiger partial charge in [-0.15, -0.1) is 0 Å². The van der Waals surface area contributed by atoms with Crippen LogP contribution < -0.4 is 4.74 Å². The topological polar surface area (TPSA) is 26.3 Å². The summed E-state index contributed by atoms with van der Waals surface area (Å²) in [6, 6.07) is 6.08. The highest BCUT2D eigenvalue weighted by Crippen LogP contribution is 2.42. The van der Waals surface area contributed by atoms with Gasteiger partial charge in [0.05, 0.1) is 0 Å². The lowest BCUT2D eigenvalue weighted by atomic mass is 9.88. The highest BCUT2D eigenvalue weighted by Gasteiger charge is 2.30. The number of hydrogen-bond acceptors (Lipinski definition) is 2. The molecule has 1 aromatic rings. The second kappa shape index (κ2) is 4.91. The average Bonchev–Trinajstić information content (AvgIpc) is 2.65. The molecule has 0 spiro atoms. The Kier molecular flexibility index (Phi) is 3.51. The lowest BCUT2D eigenvalue weighted by molar-refractivity contribution is -0.131. The van der Waals surface area contributed by atoms with E-state index in [1.165, 1.54) is 30.9 Å². The van der Waals surface area contributed by atoms with Gasteiger partial charge in [0.2, 0.25) is 0 Å². The van der Waals surface area contributed by atoms with Crippen molar-refractivity contribution in [3.63, 3.8) is 0 Å². The van der Waals surface area contributed by atoms with E-state index in [1.54, 1.807) is 0 Å². The number of esters is 1. The Morgan fingerprint density at radius 2 is 2.12 bits per heavy atom. The number of hydrogen-bond donors (Lipinski definition) is 0. The van der Waals surface area contributed by atoms with Gasteiger partial charge in [-0.1, -0.05) is 26.3 Å². The average molecular weight is 232 g/mol. The highest BCUT2D eigenvalue weighted by molar-refractivity contribution is 5.69. The molecular formula is C15H20O2. The minimum atomic E-state index is -0.247. The van der Waals surface area contributed by atoms with Crippen molar-refractivity contribution >= 4 is 5.97 Å². The first kappa shape index (κ1) is 12.2. The molecule has 0 bridgehead atoms. The molecule has 0 saturated heterocycles. The molecule has 0 aromatic heterocycles. The van der Waals surface area contributed by atoms with Crippen LogP contribution in [0.15, 0.2) is 18.2 Å². The normalized spacial score (nSPS) is 22.3. The second-order valence-corrected chi connectivity index (χ2v) is 4.84. The minimum Gasteiger partial charge on any atom is -0.427 e. The van der Waals surface area contributed by atoms with Crippen LogP contribution in [0.25, 0.3) is 0 Å². The van der Waals surface area contributed by atoms with Gasteiger partial charge < -0.3 is 4.74 Å². The molecule has 1 aromatic carbocycles. The Morgan fingerprint density at radius 1 is 1.35 bits per heavy atom. The van der Waals surface area contributed by atoms with Gasteiger partial charge in [0, 0.05) is 6.92 Å². The number of rotatable bonds is 3. The summed E-state index contributed by atoms with van der Waals surface area (Å²) in [6.07, 6.45) is 3.55. The van der Waals surface area contributed by atoms with Crippen molar-refractivity contribution in [1.82, 2.24) is 0 Å². The largest absolute Gasteiger partial charge is 0.427 e. The molecule has 0 saturated carbocycles. The maximum atomic E-state index is 11.0. The molecule has 0 fully saturated rings. The van der Waals surface area contributed by atoms with Crippen LogP contribution >= 0.6 is 0 Å². The number of carbonyl (C=O) groups excluding carboxylic acids is 1. The summed E-state index contributed by atoms with van der Waals surface area (Å²) in [5.41, 5.74) is 2.82. The third-order valence-electron chi connectivity index (χ3n) is 3.79. The lowest BCUT2D eigenvalue weighted by Gasteiger charge is -2.17. The Bertz CT molecular complexity index is 423. The van der Waals surface area contributed by atoms with Gasteiger partial charge in [-0.2, -0.15) is 0 Å². The Hall–Kier alpha value is -1.31. The van der Waals surface area contributed by atoms with E-state index in [2.05, 4.69) is 26.0 Å². The molecule has 0 radical (unpaired) electrons. The van der Waals surface area contributed by atoms with Gasteiger partial charge >= 0.3 is 5.97 Å². The Morgan fingerprint density at radius 3 is 2.71 bits per heavy atom. The fourth-order valence-corrected chi connectivity index (χ4v) is 2.99. The van der Waals surface area contributed by atoms with Crippen molar-refractivity contribution in [2.45, 2.75) is 46.0 Å². The minimum absolute atomic E-state index is 0.247. The molecule has 1 aliphatic carbocycles. The summed E-state index contributed by atoms with van der Waals surface area (Å²) >= 11 is 0. The maximum Gasteiger partial charge on any atom is 0.308 e. The standard InChI is InChI=1S/C15H20O2/c1-4-11-8-12-6-7-13(17-10(3)16)9-15(12)14(11)5-2/h6-7,9,11,14H,4-5,8H2,1-3H3. The van der Waals surface area contributed by atoms with E-state index in [-0.39, 0.29) is 5.97 Å². The van der Waals surface area contributed by atoms with Crippen molar-refractivity contribution in [2.75, 3.05) is 0 Å². The molecule has 0 aliphatic heterocycles. The number of ether oxygens (including phenoxy) is 1. The van der Waals surface area contributed by atoms with Gasteiger partial charge in [-0.25, -0.2) is 0 Å². The molecule has 0 heterocycles. The van der Waals surface area contributed by atoms with Crippen LogP contribution in [0.3, 0.4) is 0 Å². The van der Waals surface area contributed by atoms with E-state index in [0.29, 0.717) is 11.7 Å². The molecule has 2 rings (SSSR count). The number of carbonyl (C=O) groups is 1. The van der Waals surface area contributed by atoms with Gasteiger partial charge in [0.15, 0.2) is 0 Å². The van der Waals surface area contributed by atoms with Gasteiger partial charge in [-0.3, -0.25) is 4.79 Å². The van der Waals surface area contributed by atoms with Crippen molar-refractivity contribution in [1.29, 1.82) is 0 Å². The van der Waals surface area contributed by atoms with E-state index in [4.69, 9.17) is 4.74 Å². The zero-order valence-corrected chi connectivity index (χ0v) is 10.8. The van der Waals surface area contributed by atoms with Gasteiger partial charge in [-0.05, 0) is 47.9 Å². The zero-order valence-electron chi connectivity index (χ0n) is 10.8. The molecule has 2 unspecified atom stereocenters. The number of benzene rings is 1. The van der Waals surface area contributed by atoms with Crippen molar-refractivity contribution in [3.8, 4) is 5.75 Å². The van der Waals surface area contributed by atoms with Gasteiger partial charge in [0.1, 0.15) is 5.75 Å². The van der Waals surface area contributed by atoms with E-state index in [0.717, 1.165) is 12.3 Å². The first-order valence-electron chi connectivity index (χ1n) is 6.46. The quantitative estimate of drug-likeness (QED) is 0.587. The van der Waals surface area contributed by atoms with Gasteiger partial charge in [0.25, 0.3) is 0 Å². The van der Waals surface area contributed by atoms with Crippen LogP contribution in [-0.4, -0.2) is 5.97 Å². The first-order chi connectivity index (χ1) is 8.15. The predicted octanol–water partition coefficient (Wildman–Crippen LogP) is 3.69. The molecule has 17 heavy (non-hydrogen) atoms. The molecule has 0 N–H and O–H groups in total. The molecule has 2 nitrogen and oxygen atoms in total. The summed E-state index contributed by atoms with van der Waals surface area (Å²) in [6.45, 7) is 5.94. The predicted molar refractivity (Wildman–Crippen MR) is 68.3 cm³/mol. The maximum absolute atomic E-state index is 11.0. The molecular weight excluding hydrogens is 212 g/mol. The van der Waals surface area contributed by atoms with Crippen LogP contribution in [0.5, 0.6) is 5.75 Å². The molecule has 92 valence electrons. The summed E-state index contributed by atoms with van der Waals surface area (Å²) < 4.78 is 5.16. The Balaban J connectivity index is 2.30. The fraction of sp³-hybridized carbons (Fsp3) is 0.533. The smallest absolute Gasteiger partial charge is 0.308 e. The number of fused-ring (bicyclic) bond motifs is 1. The molecule has 2 heteroatoms. The lowest BCUT2D eigenvalue weighted by Crippen LogP contribution is -2.05. The van der Waals surface area contributed by atoms with Crippen LogP contribution in [-0.2, 0) is 11.2 Å².